The summed E-state index contributed by atoms with van der Waals surface area (Å²) in [6, 6.07) is 4.35. The van der Waals surface area contributed by atoms with Crippen molar-refractivity contribution in [2.24, 2.45) is 0 Å². The number of rotatable bonds is 4. The van der Waals surface area contributed by atoms with Crippen molar-refractivity contribution < 1.29 is 12.9 Å². The molecule has 118 valence electrons. The van der Waals surface area contributed by atoms with Crippen LogP contribution < -0.4 is 5.56 Å². The third-order valence-electron chi connectivity index (χ3n) is 3.67. The van der Waals surface area contributed by atoms with E-state index in [0.29, 0.717) is 24.5 Å². The fraction of sp³-hybridized carbons (Fsp3) is 0.429. The van der Waals surface area contributed by atoms with Gasteiger partial charge in [0.05, 0.1) is 11.4 Å². The molecular formula is C14H17N3O4S. The van der Waals surface area contributed by atoms with Gasteiger partial charge in [-0.2, -0.15) is 4.31 Å². The Morgan fingerprint density at radius 2 is 2.00 bits per heavy atom. The van der Waals surface area contributed by atoms with E-state index in [9.17, 15) is 13.2 Å². The highest BCUT2D eigenvalue weighted by atomic mass is 32.2. The quantitative estimate of drug-likeness (QED) is 0.837. The van der Waals surface area contributed by atoms with Crippen LogP contribution in [0.1, 0.15) is 24.3 Å². The van der Waals surface area contributed by atoms with Crippen molar-refractivity contribution in [3.63, 3.8) is 0 Å². The predicted molar refractivity (Wildman–Crippen MR) is 79.0 cm³/mol. The number of hydrogen-bond acceptors (Lipinski definition) is 5. The van der Waals surface area contributed by atoms with Crippen LogP contribution in [0.3, 0.4) is 0 Å². The number of aromatic nitrogens is 2. The Labute approximate surface area is 128 Å². The average molecular weight is 323 g/mol. The van der Waals surface area contributed by atoms with E-state index in [1.165, 1.54) is 27.2 Å². The summed E-state index contributed by atoms with van der Waals surface area (Å²) in [6.45, 7) is 3.00. The number of nitrogens with zero attached hydrogens (tertiary/aromatic N) is 3. The molecule has 0 saturated carbocycles. The second-order valence-corrected chi connectivity index (χ2v) is 7.31. The van der Waals surface area contributed by atoms with Crippen molar-refractivity contribution in [1.29, 1.82) is 0 Å². The van der Waals surface area contributed by atoms with Gasteiger partial charge in [-0.15, -0.1) is 0 Å². The Bertz CT molecular complexity index is 832. The van der Waals surface area contributed by atoms with Crippen LogP contribution in [-0.2, 0) is 16.6 Å². The van der Waals surface area contributed by atoms with Crippen molar-refractivity contribution >= 4 is 10.0 Å². The lowest BCUT2D eigenvalue weighted by Crippen LogP contribution is -2.29. The number of aryl methyl sites for hydroxylation is 1. The first-order chi connectivity index (χ1) is 10.5. The van der Waals surface area contributed by atoms with Gasteiger partial charge in [-0.25, -0.2) is 8.42 Å². The summed E-state index contributed by atoms with van der Waals surface area (Å²) in [5, 5.41) is 3.83. The Morgan fingerprint density at radius 1 is 1.27 bits per heavy atom. The van der Waals surface area contributed by atoms with Crippen LogP contribution in [0.25, 0.3) is 0 Å². The monoisotopic (exact) mass is 323 g/mol. The summed E-state index contributed by atoms with van der Waals surface area (Å²) < 4.78 is 32.8. The zero-order valence-electron chi connectivity index (χ0n) is 12.2. The highest BCUT2D eigenvalue weighted by Crippen LogP contribution is 2.19. The second kappa shape index (κ2) is 5.69. The SMILES string of the molecule is Cc1cc(Cn2cc(S(=O)(=O)N3CCCC3)ccc2=O)no1. The predicted octanol–water partition coefficient (Wildman–Crippen LogP) is 0.978. The first-order valence-corrected chi connectivity index (χ1v) is 8.54. The molecule has 22 heavy (non-hydrogen) atoms. The summed E-state index contributed by atoms with van der Waals surface area (Å²) in [5.74, 6) is 0.642. The Morgan fingerprint density at radius 3 is 2.64 bits per heavy atom. The summed E-state index contributed by atoms with van der Waals surface area (Å²) >= 11 is 0. The maximum absolute atomic E-state index is 12.5. The van der Waals surface area contributed by atoms with E-state index >= 15 is 0 Å². The van der Waals surface area contributed by atoms with E-state index in [0.717, 1.165) is 12.8 Å². The molecule has 0 N–H and O–H groups in total. The molecule has 0 spiro atoms. The molecule has 3 heterocycles. The van der Waals surface area contributed by atoms with E-state index in [2.05, 4.69) is 5.16 Å². The third kappa shape index (κ3) is 2.84. The zero-order valence-corrected chi connectivity index (χ0v) is 13.0. The Kier molecular flexibility index (Phi) is 3.88. The molecule has 2 aromatic rings. The van der Waals surface area contributed by atoms with E-state index in [1.807, 2.05) is 0 Å². The normalized spacial score (nSPS) is 16.2. The van der Waals surface area contributed by atoms with Crippen LogP contribution in [0.2, 0.25) is 0 Å². The lowest BCUT2D eigenvalue weighted by Gasteiger charge is -2.16. The molecule has 0 amide bonds. The van der Waals surface area contributed by atoms with Gasteiger partial charge in [-0.3, -0.25) is 4.79 Å². The molecule has 0 bridgehead atoms. The van der Waals surface area contributed by atoms with Gasteiger partial charge in [-0.05, 0) is 25.8 Å². The Hall–Kier alpha value is -1.93. The standard InChI is InChI=1S/C14H17N3O4S/c1-11-8-12(15-21-11)9-16-10-13(4-5-14(16)18)22(19,20)17-6-2-3-7-17/h4-5,8,10H,2-3,6-7,9H2,1H3. The van der Waals surface area contributed by atoms with E-state index in [1.54, 1.807) is 13.0 Å². The van der Waals surface area contributed by atoms with Crippen LogP contribution in [-0.4, -0.2) is 35.5 Å². The third-order valence-corrected chi connectivity index (χ3v) is 5.55. The minimum atomic E-state index is -3.54. The van der Waals surface area contributed by atoms with Gasteiger partial charge in [0.2, 0.25) is 10.0 Å². The van der Waals surface area contributed by atoms with Gasteiger partial charge in [0, 0.05) is 31.4 Å². The van der Waals surface area contributed by atoms with Crippen LogP contribution in [0.5, 0.6) is 0 Å². The van der Waals surface area contributed by atoms with Gasteiger partial charge < -0.3 is 9.09 Å². The minimum absolute atomic E-state index is 0.134. The van der Waals surface area contributed by atoms with Crippen molar-refractivity contribution in [2.75, 3.05) is 13.1 Å². The molecule has 1 aliphatic heterocycles. The van der Waals surface area contributed by atoms with E-state index < -0.39 is 10.0 Å². The van der Waals surface area contributed by atoms with Crippen molar-refractivity contribution in [1.82, 2.24) is 14.0 Å². The van der Waals surface area contributed by atoms with Gasteiger partial charge in [-0.1, -0.05) is 5.16 Å². The molecule has 1 aliphatic rings. The molecule has 0 radical (unpaired) electrons. The summed E-state index contributed by atoms with van der Waals surface area (Å²) in [7, 11) is -3.54. The summed E-state index contributed by atoms with van der Waals surface area (Å²) in [5.41, 5.74) is 0.302. The van der Waals surface area contributed by atoms with Crippen molar-refractivity contribution in [2.45, 2.75) is 31.2 Å². The van der Waals surface area contributed by atoms with E-state index in [4.69, 9.17) is 4.52 Å². The Balaban J connectivity index is 1.94. The van der Waals surface area contributed by atoms with Crippen LogP contribution in [0, 0.1) is 6.92 Å². The maximum Gasteiger partial charge on any atom is 0.250 e. The van der Waals surface area contributed by atoms with Crippen molar-refractivity contribution in [3.05, 3.63) is 46.2 Å². The molecule has 7 nitrogen and oxygen atoms in total. The molecule has 8 heteroatoms. The van der Waals surface area contributed by atoms with Gasteiger partial charge >= 0.3 is 0 Å². The van der Waals surface area contributed by atoms with E-state index in [-0.39, 0.29) is 17.0 Å². The highest BCUT2D eigenvalue weighted by molar-refractivity contribution is 7.89. The van der Waals surface area contributed by atoms with Crippen LogP contribution in [0.15, 0.2) is 38.6 Å². The molecule has 0 aliphatic carbocycles. The highest BCUT2D eigenvalue weighted by Gasteiger charge is 2.27. The molecule has 2 aromatic heterocycles. The first kappa shape index (κ1) is 15.0. The minimum Gasteiger partial charge on any atom is -0.361 e. The molecule has 0 atom stereocenters. The smallest absolute Gasteiger partial charge is 0.250 e. The maximum atomic E-state index is 12.5. The number of pyridine rings is 1. The number of hydrogen-bond donors (Lipinski definition) is 0. The van der Waals surface area contributed by atoms with Crippen LogP contribution >= 0.6 is 0 Å². The van der Waals surface area contributed by atoms with Gasteiger partial charge in [0.1, 0.15) is 11.5 Å². The van der Waals surface area contributed by atoms with Crippen LogP contribution in [0.4, 0.5) is 0 Å². The fourth-order valence-electron chi connectivity index (χ4n) is 2.53. The molecule has 1 fully saturated rings. The number of sulfonamides is 1. The van der Waals surface area contributed by atoms with Gasteiger partial charge in [0.25, 0.3) is 5.56 Å². The first-order valence-electron chi connectivity index (χ1n) is 7.10. The fourth-order valence-corrected chi connectivity index (χ4v) is 4.07. The lowest BCUT2D eigenvalue weighted by atomic mass is 10.3. The average Bonchev–Trinajstić information content (AvgIpc) is 3.13. The summed E-state index contributed by atoms with van der Waals surface area (Å²) in [6.07, 6.45) is 3.12. The molecule has 0 unspecified atom stereocenters. The largest absolute Gasteiger partial charge is 0.361 e. The second-order valence-electron chi connectivity index (χ2n) is 5.37. The van der Waals surface area contributed by atoms with Crippen molar-refractivity contribution in [3.8, 4) is 0 Å². The molecule has 3 rings (SSSR count). The van der Waals surface area contributed by atoms with Gasteiger partial charge in [0.15, 0.2) is 0 Å². The molecule has 1 saturated heterocycles. The topological polar surface area (TPSA) is 85.4 Å². The molecular weight excluding hydrogens is 306 g/mol. The lowest BCUT2D eigenvalue weighted by molar-refractivity contribution is 0.388. The molecule has 0 aromatic carbocycles. The summed E-state index contributed by atoms with van der Waals surface area (Å²) in [4.78, 5) is 12.1. The zero-order chi connectivity index (χ0) is 15.7.